The first kappa shape index (κ1) is 21.6. The Morgan fingerprint density at radius 1 is 1.55 bits per heavy atom. The van der Waals surface area contributed by atoms with Crippen molar-refractivity contribution in [1.29, 1.82) is 0 Å². The molecule has 0 radical (unpaired) electrons. The molecule has 0 aliphatic carbocycles. The van der Waals surface area contributed by atoms with Crippen LogP contribution in [0.25, 0.3) is 0 Å². The van der Waals surface area contributed by atoms with Gasteiger partial charge < -0.3 is 20.3 Å². The van der Waals surface area contributed by atoms with Crippen LogP contribution in [0.5, 0.6) is 0 Å². The number of carbonyl (C=O) groups is 1. The molecule has 2 heterocycles. The number of hydrogen-bond acceptors (Lipinski definition) is 5. The molecule has 1 aliphatic heterocycles. The lowest BCUT2D eigenvalue weighted by Gasteiger charge is -2.30. The van der Waals surface area contributed by atoms with Gasteiger partial charge in [-0.2, -0.15) is 11.3 Å². The van der Waals surface area contributed by atoms with Crippen molar-refractivity contribution in [2.24, 2.45) is 0 Å². The first-order valence-corrected chi connectivity index (χ1v) is 7.85. The summed E-state index contributed by atoms with van der Waals surface area (Å²) in [4.78, 5) is 14.4. The molecule has 0 bridgehead atoms. The topological polar surface area (TPSA) is 53.6 Å². The van der Waals surface area contributed by atoms with Crippen LogP contribution >= 0.6 is 36.2 Å². The minimum atomic E-state index is -0.256. The Kier molecular flexibility index (Phi) is 10.2. The monoisotopic (exact) mass is 369 g/mol. The molecule has 0 aromatic carbocycles. The van der Waals surface area contributed by atoms with Crippen molar-refractivity contribution in [3.63, 3.8) is 0 Å². The van der Waals surface area contributed by atoms with E-state index < -0.39 is 0 Å². The summed E-state index contributed by atoms with van der Waals surface area (Å²) >= 11 is 1.68. The van der Waals surface area contributed by atoms with Gasteiger partial charge in [-0.15, -0.1) is 24.8 Å². The van der Waals surface area contributed by atoms with Crippen molar-refractivity contribution in [3.05, 3.63) is 22.4 Å². The molecule has 1 saturated heterocycles. The zero-order chi connectivity index (χ0) is 14.5. The molecule has 1 unspecified atom stereocenters. The van der Waals surface area contributed by atoms with Crippen molar-refractivity contribution < 1.29 is 9.53 Å². The zero-order valence-electron chi connectivity index (χ0n) is 13.1. The minimum Gasteiger partial charge on any atom is -0.375 e. The largest absolute Gasteiger partial charge is 0.375 e. The van der Waals surface area contributed by atoms with Crippen LogP contribution in [0.2, 0.25) is 0 Å². The average molecular weight is 370 g/mol. The number of ether oxygens (including phenoxy) is 1. The third-order valence-electron chi connectivity index (χ3n) is 3.62. The lowest BCUT2D eigenvalue weighted by Crippen LogP contribution is -2.56. The van der Waals surface area contributed by atoms with Gasteiger partial charge in [0.15, 0.2) is 0 Å². The molecule has 1 aliphatic rings. The lowest BCUT2D eigenvalue weighted by atomic mass is 10.1. The van der Waals surface area contributed by atoms with Gasteiger partial charge in [0, 0.05) is 13.1 Å². The zero-order valence-corrected chi connectivity index (χ0v) is 15.5. The molecule has 0 saturated carbocycles. The molecule has 2 rings (SSSR count). The molecule has 2 N–H and O–H groups in total. The van der Waals surface area contributed by atoms with E-state index in [1.54, 1.807) is 11.3 Å². The van der Waals surface area contributed by atoms with E-state index in [9.17, 15) is 4.79 Å². The van der Waals surface area contributed by atoms with Crippen molar-refractivity contribution in [1.82, 2.24) is 15.5 Å². The van der Waals surface area contributed by atoms with Gasteiger partial charge in [-0.05, 0) is 43.4 Å². The smallest absolute Gasteiger partial charge is 0.239 e. The molecule has 1 fully saturated rings. The van der Waals surface area contributed by atoms with Gasteiger partial charge in [0.05, 0.1) is 18.8 Å². The van der Waals surface area contributed by atoms with Gasteiger partial charge in [0.1, 0.15) is 6.04 Å². The molecule has 128 valence electrons. The number of amides is 1. The van der Waals surface area contributed by atoms with E-state index in [0.717, 1.165) is 6.54 Å². The molecule has 22 heavy (non-hydrogen) atoms. The Labute approximate surface area is 148 Å². The molecular formula is C14H25Cl2N3O2S. The van der Waals surface area contributed by atoms with Crippen LogP contribution in [0.3, 0.4) is 0 Å². The maximum atomic E-state index is 12.2. The standard InChI is InChI=1S/C14H23N3O2S.2ClH/c1-10-13(15-5-6-19-10)14(18)16-8-12(17(2)3)11-4-7-20-9-11;;/h4,7,9-10,12-13,15H,5-6,8H2,1-3H3,(H,16,18);2*1H/t10-,12?,13+;;/m1../s1. The fourth-order valence-corrected chi connectivity index (χ4v) is 3.10. The Balaban J connectivity index is 0.00000220. The van der Waals surface area contributed by atoms with Gasteiger partial charge in [-0.1, -0.05) is 0 Å². The molecule has 8 heteroatoms. The van der Waals surface area contributed by atoms with E-state index >= 15 is 0 Å². The normalized spacial score (nSPS) is 22.4. The van der Waals surface area contributed by atoms with E-state index in [-0.39, 0.29) is 48.9 Å². The summed E-state index contributed by atoms with van der Waals surface area (Å²) in [5.74, 6) is 0.0132. The Hall–Kier alpha value is -0.370. The van der Waals surface area contributed by atoms with Crippen LogP contribution in [0, 0.1) is 0 Å². The number of rotatable bonds is 5. The Morgan fingerprint density at radius 3 is 2.82 bits per heavy atom. The lowest BCUT2D eigenvalue weighted by molar-refractivity contribution is -0.129. The van der Waals surface area contributed by atoms with Crippen LogP contribution in [0.4, 0.5) is 0 Å². The number of thiophene rings is 1. The van der Waals surface area contributed by atoms with E-state index in [1.165, 1.54) is 5.56 Å². The molecule has 1 aromatic rings. The third-order valence-corrected chi connectivity index (χ3v) is 4.32. The van der Waals surface area contributed by atoms with E-state index in [2.05, 4.69) is 32.4 Å². The first-order valence-electron chi connectivity index (χ1n) is 6.91. The van der Waals surface area contributed by atoms with Crippen LogP contribution in [-0.4, -0.2) is 56.7 Å². The predicted molar refractivity (Wildman–Crippen MR) is 95.5 cm³/mol. The first-order chi connectivity index (χ1) is 9.59. The minimum absolute atomic E-state index is 0. The highest BCUT2D eigenvalue weighted by atomic mass is 35.5. The average Bonchev–Trinajstić information content (AvgIpc) is 2.92. The summed E-state index contributed by atoms with van der Waals surface area (Å²) in [5, 5.41) is 10.4. The highest BCUT2D eigenvalue weighted by Gasteiger charge is 2.28. The molecule has 1 aromatic heterocycles. The van der Waals surface area contributed by atoms with Crippen LogP contribution in [0.1, 0.15) is 18.5 Å². The summed E-state index contributed by atoms with van der Waals surface area (Å²) in [5.41, 5.74) is 1.24. The molecule has 3 atom stereocenters. The number of likely N-dealkylation sites (N-methyl/N-ethyl adjacent to an activating group) is 1. The van der Waals surface area contributed by atoms with Gasteiger partial charge in [0.25, 0.3) is 0 Å². The fraction of sp³-hybridized carbons (Fsp3) is 0.643. The second kappa shape index (κ2) is 10.4. The summed E-state index contributed by atoms with van der Waals surface area (Å²) in [6.07, 6.45) is -0.0808. The number of morpholine rings is 1. The number of hydrogen-bond donors (Lipinski definition) is 2. The molecular weight excluding hydrogens is 345 g/mol. The highest BCUT2D eigenvalue weighted by Crippen LogP contribution is 2.20. The number of carbonyl (C=O) groups excluding carboxylic acids is 1. The molecule has 1 amide bonds. The summed E-state index contributed by atoms with van der Waals surface area (Å²) in [6.45, 7) is 3.93. The summed E-state index contributed by atoms with van der Waals surface area (Å²) in [6, 6.07) is 2.05. The summed E-state index contributed by atoms with van der Waals surface area (Å²) in [7, 11) is 4.05. The third kappa shape index (κ3) is 5.68. The van der Waals surface area contributed by atoms with Gasteiger partial charge >= 0.3 is 0 Å². The van der Waals surface area contributed by atoms with E-state index in [0.29, 0.717) is 13.2 Å². The highest BCUT2D eigenvalue weighted by molar-refractivity contribution is 7.07. The maximum Gasteiger partial charge on any atom is 0.239 e. The van der Waals surface area contributed by atoms with Crippen LogP contribution in [-0.2, 0) is 9.53 Å². The van der Waals surface area contributed by atoms with Gasteiger partial charge in [0.2, 0.25) is 5.91 Å². The van der Waals surface area contributed by atoms with Gasteiger partial charge in [-0.25, -0.2) is 0 Å². The van der Waals surface area contributed by atoms with Crippen molar-refractivity contribution in [2.45, 2.75) is 25.1 Å². The predicted octanol–water partition coefficient (Wildman–Crippen LogP) is 1.69. The van der Waals surface area contributed by atoms with Crippen molar-refractivity contribution >= 4 is 42.1 Å². The van der Waals surface area contributed by atoms with Gasteiger partial charge in [-0.3, -0.25) is 4.79 Å². The summed E-state index contributed by atoms with van der Waals surface area (Å²) < 4.78 is 5.51. The number of halogens is 2. The van der Waals surface area contributed by atoms with E-state index in [4.69, 9.17) is 4.74 Å². The fourth-order valence-electron chi connectivity index (χ4n) is 2.40. The Morgan fingerprint density at radius 2 is 2.27 bits per heavy atom. The maximum absolute atomic E-state index is 12.2. The number of nitrogens with one attached hydrogen (secondary N) is 2. The molecule has 0 spiro atoms. The molecule has 5 nitrogen and oxygen atoms in total. The second-order valence-corrected chi connectivity index (χ2v) is 6.07. The van der Waals surface area contributed by atoms with Crippen LogP contribution in [0.15, 0.2) is 16.8 Å². The van der Waals surface area contributed by atoms with Crippen LogP contribution < -0.4 is 10.6 Å². The SMILES string of the molecule is C[C@H]1OCCN[C@@H]1C(=O)NCC(c1ccsc1)N(C)C.Cl.Cl. The Bertz CT molecular complexity index is 432. The van der Waals surface area contributed by atoms with Crippen molar-refractivity contribution in [3.8, 4) is 0 Å². The number of nitrogens with zero attached hydrogens (tertiary/aromatic N) is 1. The van der Waals surface area contributed by atoms with E-state index in [1.807, 2.05) is 21.0 Å². The second-order valence-electron chi connectivity index (χ2n) is 5.29. The quantitative estimate of drug-likeness (QED) is 0.828. The van der Waals surface area contributed by atoms with Crippen molar-refractivity contribution in [2.75, 3.05) is 33.8 Å².